The lowest BCUT2D eigenvalue weighted by atomic mass is 10.0. The monoisotopic (exact) mass is 390 g/mol. The zero-order valence-electron chi connectivity index (χ0n) is 17.0. The number of benzene rings is 2. The summed E-state index contributed by atoms with van der Waals surface area (Å²) in [5.41, 5.74) is 4.76. The lowest BCUT2D eigenvalue weighted by molar-refractivity contribution is 0.0900. The molecule has 29 heavy (non-hydrogen) atoms. The number of nitrogens with one attached hydrogen (secondary N) is 2. The Morgan fingerprint density at radius 1 is 1.21 bits per heavy atom. The predicted octanol–water partition coefficient (Wildman–Crippen LogP) is 3.71. The summed E-state index contributed by atoms with van der Waals surface area (Å²) in [5.74, 6) is 1.18. The van der Waals surface area contributed by atoms with Gasteiger partial charge in [-0.1, -0.05) is 50.2 Å². The smallest absolute Gasteiger partial charge is 0.269 e. The summed E-state index contributed by atoms with van der Waals surface area (Å²) >= 11 is 0. The first-order chi connectivity index (χ1) is 14.0. The van der Waals surface area contributed by atoms with E-state index in [-0.39, 0.29) is 12.1 Å². The SMILES string of the molecule is COc1cccc(-c2cc3n(n2)[C@@H](NCc2ccc(C(C)C)cc2)CNC3=O)c1. The van der Waals surface area contributed by atoms with Crippen molar-refractivity contribution in [3.05, 3.63) is 71.4 Å². The van der Waals surface area contributed by atoms with Crippen molar-refractivity contribution in [2.45, 2.75) is 32.5 Å². The molecule has 0 radical (unpaired) electrons. The highest BCUT2D eigenvalue weighted by Crippen LogP contribution is 2.26. The molecule has 6 nitrogen and oxygen atoms in total. The third kappa shape index (κ3) is 4.03. The molecule has 1 aliphatic heterocycles. The number of methoxy groups -OCH3 is 1. The predicted molar refractivity (Wildman–Crippen MR) is 113 cm³/mol. The van der Waals surface area contributed by atoms with Gasteiger partial charge in [0.15, 0.2) is 0 Å². The van der Waals surface area contributed by atoms with Gasteiger partial charge in [0.2, 0.25) is 0 Å². The molecular formula is C23H26N4O2. The Kier molecular flexibility index (Phi) is 5.36. The van der Waals surface area contributed by atoms with Gasteiger partial charge in [-0.15, -0.1) is 0 Å². The van der Waals surface area contributed by atoms with Crippen molar-refractivity contribution in [3.8, 4) is 17.0 Å². The number of hydrogen-bond acceptors (Lipinski definition) is 4. The number of ether oxygens (including phenoxy) is 1. The van der Waals surface area contributed by atoms with Crippen LogP contribution in [0.4, 0.5) is 0 Å². The van der Waals surface area contributed by atoms with E-state index in [0.717, 1.165) is 17.0 Å². The fraction of sp³-hybridized carbons (Fsp3) is 0.304. The van der Waals surface area contributed by atoms with Gasteiger partial charge in [0.1, 0.15) is 17.6 Å². The highest BCUT2D eigenvalue weighted by atomic mass is 16.5. The molecule has 0 saturated heterocycles. The van der Waals surface area contributed by atoms with Crippen molar-refractivity contribution >= 4 is 5.91 Å². The summed E-state index contributed by atoms with van der Waals surface area (Å²) in [6, 6.07) is 18.2. The Morgan fingerprint density at radius 2 is 2.00 bits per heavy atom. The Hall–Kier alpha value is -3.12. The van der Waals surface area contributed by atoms with Crippen LogP contribution in [0.3, 0.4) is 0 Å². The Morgan fingerprint density at radius 3 is 2.72 bits per heavy atom. The lowest BCUT2D eigenvalue weighted by Gasteiger charge is -2.26. The van der Waals surface area contributed by atoms with Crippen LogP contribution in [0.15, 0.2) is 54.6 Å². The highest BCUT2D eigenvalue weighted by molar-refractivity contribution is 5.94. The van der Waals surface area contributed by atoms with Crippen LogP contribution in [0.5, 0.6) is 5.75 Å². The van der Waals surface area contributed by atoms with Gasteiger partial charge in [0, 0.05) is 12.1 Å². The maximum Gasteiger partial charge on any atom is 0.269 e. The number of nitrogens with zero attached hydrogens (tertiary/aromatic N) is 2. The van der Waals surface area contributed by atoms with Crippen LogP contribution in [0, 0.1) is 0 Å². The topological polar surface area (TPSA) is 68.2 Å². The van der Waals surface area contributed by atoms with Crippen molar-refractivity contribution < 1.29 is 9.53 Å². The lowest BCUT2D eigenvalue weighted by Crippen LogP contribution is -2.45. The maximum absolute atomic E-state index is 12.3. The molecule has 0 aliphatic carbocycles. The van der Waals surface area contributed by atoms with E-state index in [1.54, 1.807) is 11.8 Å². The van der Waals surface area contributed by atoms with Crippen molar-refractivity contribution in [2.75, 3.05) is 13.7 Å². The minimum atomic E-state index is -0.106. The van der Waals surface area contributed by atoms with Gasteiger partial charge < -0.3 is 10.1 Å². The quantitative estimate of drug-likeness (QED) is 0.673. The van der Waals surface area contributed by atoms with Crippen LogP contribution in [0.2, 0.25) is 0 Å². The van der Waals surface area contributed by atoms with E-state index in [0.29, 0.717) is 24.7 Å². The van der Waals surface area contributed by atoms with Crippen LogP contribution in [0.25, 0.3) is 11.3 Å². The normalized spacial score (nSPS) is 15.9. The van der Waals surface area contributed by atoms with E-state index < -0.39 is 0 Å². The Balaban J connectivity index is 1.54. The molecule has 1 aromatic heterocycles. The standard InChI is InChI=1S/C23H26N4O2/c1-15(2)17-9-7-16(8-10-17)13-24-22-14-25-23(28)21-12-20(26-27(21)22)18-5-4-6-19(11-18)29-3/h4-12,15,22,24H,13-14H2,1-3H3,(H,25,28)/t22-/m1/s1. The van der Waals surface area contributed by atoms with Gasteiger partial charge in [0.25, 0.3) is 5.91 Å². The zero-order chi connectivity index (χ0) is 20.4. The number of carbonyl (C=O) groups is 1. The molecule has 0 spiro atoms. The Bertz CT molecular complexity index is 1010. The van der Waals surface area contributed by atoms with Crippen LogP contribution < -0.4 is 15.4 Å². The number of hydrogen-bond donors (Lipinski definition) is 2. The largest absolute Gasteiger partial charge is 0.497 e. The molecule has 0 bridgehead atoms. The summed E-state index contributed by atoms with van der Waals surface area (Å²) in [6.07, 6.45) is -0.105. The van der Waals surface area contributed by atoms with Crippen LogP contribution in [0.1, 0.15) is 47.5 Å². The summed E-state index contributed by atoms with van der Waals surface area (Å²) in [7, 11) is 1.64. The van der Waals surface area contributed by atoms with Crippen LogP contribution in [-0.2, 0) is 6.54 Å². The minimum absolute atomic E-state index is 0.105. The van der Waals surface area contributed by atoms with Crippen molar-refractivity contribution in [1.82, 2.24) is 20.4 Å². The molecule has 2 heterocycles. The molecule has 0 fully saturated rings. The van der Waals surface area contributed by atoms with Gasteiger partial charge in [-0.3, -0.25) is 10.1 Å². The molecule has 6 heteroatoms. The molecule has 0 saturated carbocycles. The molecule has 4 rings (SSSR count). The van der Waals surface area contributed by atoms with E-state index in [1.165, 1.54) is 11.1 Å². The summed E-state index contributed by atoms with van der Waals surface area (Å²) in [5, 5.41) is 11.2. The number of rotatable bonds is 6. The van der Waals surface area contributed by atoms with Gasteiger partial charge in [-0.25, -0.2) is 4.68 Å². The first kappa shape index (κ1) is 19.2. The van der Waals surface area contributed by atoms with E-state index >= 15 is 0 Å². The van der Waals surface area contributed by atoms with Gasteiger partial charge >= 0.3 is 0 Å². The van der Waals surface area contributed by atoms with Crippen LogP contribution >= 0.6 is 0 Å². The second kappa shape index (κ2) is 8.09. The summed E-state index contributed by atoms with van der Waals surface area (Å²) in [6.45, 7) is 5.58. The molecule has 1 aliphatic rings. The van der Waals surface area contributed by atoms with E-state index in [2.05, 4.69) is 48.7 Å². The Labute approximate surface area is 170 Å². The van der Waals surface area contributed by atoms with E-state index in [1.807, 2.05) is 30.3 Å². The van der Waals surface area contributed by atoms with Crippen molar-refractivity contribution in [3.63, 3.8) is 0 Å². The third-order valence-electron chi connectivity index (χ3n) is 5.27. The summed E-state index contributed by atoms with van der Waals surface area (Å²) in [4.78, 5) is 12.3. The zero-order valence-corrected chi connectivity index (χ0v) is 17.0. The second-order valence-corrected chi connectivity index (χ2v) is 7.59. The molecule has 0 unspecified atom stereocenters. The second-order valence-electron chi connectivity index (χ2n) is 7.59. The third-order valence-corrected chi connectivity index (χ3v) is 5.27. The molecule has 1 atom stereocenters. The summed E-state index contributed by atoms with van der Waals surface area (Å²) < 4.78 is 7.09. The van der Waals surface area contributed by atoms with Gasteiger partial charge in [-0.2, -0.15) is 5.10 Å². The fourth-order valence-corrected chi connectivity index (χ4v) is 3.51. The number of aromatic nitrogens is 2. The first-order valence-electron chi connectivity index (χ1n) is 9.89. The highest BCUT2D eigenvalue weighted by Gasteiger charge is 2.27. The first-order valence-corrected chi connectivity index (χ1v) is 9.89. The van der Waals surface area contributed by atoms with Gasteiger partial charge in [-0.05, 0) is 35.2 Å². The number of fused-ring (bicyclic) bond motifs is 1. The molecule has 2 N–H and O–H groups in total. The average Bonchev–Trinajstić information content (AvgIpc) is 3.20. The molecule has 1 amide bonds. The molecular weight excluding hydrogens is 364 g/mol. The minimum Gasteiger partial charge on any atom is -0.497 e. The van der Waals surface area contributed by atoms with Crippen LogP contribution in [-0.4, -0.2) is 29.3 Å². The molecule has 150 valence electrons. The molecule has 3 aromatic rings. The fourth-order valence-electron chi connectivity index (χ4n) is 3.51. The van der Waals surface area contributed by atoms with Crippen molar-refractivity contribution in [2.24, 2.45) is 0 Å². The van der Waals surface area contributed by atoms with Crippen molar-refractivity contribution in [1.29, 1.82) is 0 Å². The number of amides is 1. The maximum atomic E-state index is 12.3. The van der Waals surface area contributed by atoms with E-state index in [4.69, 9.17) is 9.84 Å². The average molecular weight is 390 g/mol. The number of carbonyl (C=O) groups excluding carboxylic acids is 1. The van der Waals surface area contributed by atoms with Gasteiger partial charge in [0.05, 0.1) is 19.3 Å². The molecule has 2 aromatic carbocycles. The van der Waals surface area contributed by atoms with E-state index in [9.17, 15) is 4.79 Å².